The van der Waals surface area contributed by atoms with Crippen LogP contribution in [0.15, 0.2) is 0 Å². The average Bonchev–Trinajstić information content (AvgIpc) is 2.32. The van der Waals surface area contributed by atoms with E-state index in [-0.39, 0.29) is 5.41 Å². The third-order valence-corrected chi connectivity index (χ3v) is 3.85. The summed E-state index contributed by atoms with van der Waals surface area (Å²) >= 11 is 0. The normalized spacial score (nSPS) is 23.2. The largest absolute Gasteiger partial charge is 0.396 e. The molecule has 1 atom stereocenters. The van der Waals surface area contributed by atoms with E-state index < -0.39 is 0 Å². The topological polar surface area (TPSA) is 26.7 Å². The first-order valence-corrected chi connectivity index (χ1v) is 6.69. The summed E-state index contributed by atoms with van der Waals surface area (Å²) in [6, 6.07) is 0. The molecule has 1 heterocycles. The van der Waals surface area contributed by atoms with Gasteiger partial charge >= 0.3 is 0 Å². The van der Waals surface area contributed by atoms with Gasteiger partial charge in [-0.15, -0.1) is 0 Å². The fourth-order valence-electron chi connectivity index (χ4n) is 2.30. The monoisotopic (exact) mass is 228 g/mol. The lowest BCUT2D eigenvalue weighted by Gasteiger charge is -2.39. The molecule has 1 aliphatic heterocycles. The number of nitrogens with zero attached hydrogens (tertiary/aromatic N) is 2. The van der Waals surface area contributed by atoms with Gasteiger partial charge in [-0.25, -0.2) is 0 Å². The Hall–Kier alpha value is -0.120. The van der Waals surface area contributed by atoms with Crippen molar-refractivity contribution in [3.05, 3.63) is 0 Å². The maximum Gasteiger partial charge on any atom is 0.0496 e. The molecular formula is C13H28N2O. The van der Waals surface area contributed by atoms with Gasteiger partial charge in [-0.3, -0.25) is 0 Å². The van der Waals surface area contributed by atoms with E-state index in [1.807, 2.05) is 0 Å². The van der Waals surface area contributed by atoms with Crippen LogP contribution in [-0.4, -0.2) is 60.8 Å². The number of aliphatic hydroxyl groups excluding tert-OH is 1. The molecule has 1 fully saturated rings. The molecule has 1 aliphatic rings. The fraction of sp³-hybridized carbons (Fsp3) is 1.00. The van der Waals surface area contributed by atoms with Crippen molar-refractivity contribution in [3.8, 4) is 0 Å². The highest BCUT2D eigenvalue weighted by Gasteiger charge is 2.26. The van der Waals surface area contributed by atoms with Gasteiger partial charge < -0.3 is 14.9 Å². The molecule has 1 unspecified atom stereocenters. The van der Waals surface area contributed by atoms with E-state index in [4.69, 9.17) is 0 Å². The predicted molar refractivity (Wildman–Crippen MR) is 68.7 cm³/mol. The summed E-state index contributed by atoms with van der Waals surface area (Å²) in [4.78, 5) is 5.05. The Kier molecular flexibility index (Phi) is 5.73. The highest BCUT2D eigenvalue weighted by molar-refractivity contribution is 4.80. The van der Waals surface area contributed by atoms with Gasteiger partial charge in [0.15, 0.2) is 0 Å². The highest BCUT2D eigenvalue weighted by atomic mass is 16.3. The summed E-state index contributed by atoms with van der Waals surface area (Å²) < 4.78 is 0. The third-order valence-electron chi connectivity index (χ3n) is 3.85. The second-order valence-electron chi connectivity index (χ2n) is 5.44. The van der Waals surface area contributed by atoms with Crippen LogP contribution in [0.3, 0.4) is 0 Å². The van der Waals surface area contributed by atoms with Crippen molar-refractivity contribution < 1.29 is 5.11 Å². The van der Waals surface area contributed by atoms with Crippen molar-refractivity contribution in [3.63, 3.8) is 0 Å². The van der Waals surface area contributed by atoms with Crippen molar-refractivity contribution in [2.45, 2.75) is 33.6 Å². The molecular weight excluding hydrogens is 200 g/mol. The predicted octanol–water partition coefficient (Wildman–Crippen LogP) is 1.42. The molecule has 0 aromatic carbocycles. The Morgan fingerprint density at radius 2 is 1.62 bits per heavy atom. The smallest absolute Gasteiger partial charge is 0.0496 e. The minimum absolute atomic E-state index is 0.0902. The molecule has 0 aromatic rings. The first-order chi connectivity index (χ1) is 7.63. The molecule has 96 valence electrons. The maximum absolute atomic E-state index is 9.42. The van der Waals surface area contributed by atoms with E-state index in [2.05, 4.69) is 30.6 Å². The van der Waals surface area contributed by atoms with Crippen LogP contribution in [-0.2, 0) is 0 Å². The zero-order chi connectivity index (χ0) is 12.0. The summed E-state index contributed by atoms with van der Waals surface area (Å²) in [6.45, 7) is 13.9. The van der Waals surface area contributed by atoms with Gasteiger partial charge in [0.05, 0.1) is 0 Å². The Labute approximate surface area is 100 Å². The molecule has 3 nitrogen and oxygen atoms in total. The van der Waals surface area contributed by atoms with Gasteiger partial charge in [-0.05, 0) is 19.4 Å². The summed E-state index contributed by atoms with van der Waals surface area (Å²) in [6.07, 6.45) is 2.31. The minimum atomic E-state index is 0.0902. The minimum Gasteiger partial charge on any atom is -0.396 e. The Morgan fingerprint density at radius 3 is 2.06 bits per heavy atom. The number of piperazine rings is 1. The summed E-state index contributed by atoms with van der Waals surface area (Å²) in [5.74, 6) is 0. The maximum atomic E-state index is 9.42. The molecule has 0 aliphatic carbocycles. The summed E-state index contributed by atoms with van der Waals surface area (Å²) in [5, 5.41) is 9.42. The van der Waals surface area contributed by atoms with Crippen molar-refractivity contribution in [1.29, 1.82) is 0 Å². The molecule has 1 rings (SSSR count). The molecule has 0 saturated carbocycles. The zero-order valence-electron chi connectivity index (χ0n) is 11.2. The first kappa shape index (κ1) is 13.9. The van der Waals surface area contributed by atoms with Crippen LogP contribution < -0.4 is 0 Å². The SMILES string of the molecule is CCCN1CCN(CC(C)(CC)CO)CC1. The van der Waals surface area contributed by atoms with Crippen molar-refractivity contribution >= 4 is 0 Å². The van der Waals surface area contributed by atoms with Gasteiger partial charge in [0.2, 0.25) is 0 Å². The van der Waals surface area contributed by atoms with E-state index >= 15 is 0 Å². The van der Waals surface area contributed by atoms with E-state index in [0.717, 1.165) is 26.1 Å². The van der Waals surface area contributed by atoms with Gasteiger partial charge in [-0.2, -0.15) is 0 Å². The fourth-order valence-corrected chi connectivity index (χ4v) is 2.30. The van der Waals surface area contributed by atoms with Gasteiger partial charge in [0.25, 0.3) is 0 Å². The van der Waals surface area contributed by atoms with Gasteiger partial charge in [-0.1, -0.05) is 20.8 Å². The molecule has 0 aromatic heterocycles. The van der Waals surface area contributed by atoms with Crippen LogP contribution in [0.25, 0.3) is 0 Å². The van der Waals surface area contributed by atoms with Gasteiger partial charge in [0, 0.05) is 44.7 Å². The first-order valence-electron chi connectivity index (χ1n) is 6.69. The van der Waals surface area contributed by atoms with Crippen LogP contribution in [0, 0.1) is 5.41 Å². The van der Waals surface area contributed by atoms with Crippen LogP contribution in [0.1, 0.15) is 33.6 Å². The molecule has 1 saturated heterocycles. The number of hydrogen-bond donors (Lipinski definition) is 1. The van der Waals surface area contributed by atoms with E-state index in [1.54, 1.807) is 0 Å². The third kappa shape index (κ3) is 4.04. The number of hydrogen-bond acceptors (Lipinski definition) is 3. The van der Waals surface area contributed by atoms with Crippen LogP contribution >= 0.6 is 0 Å². The molecule has 3 heteroatoms. The van der Waals surface area contributed by atoms with Crippen molar-refractivity contribution in [2.24, 2.45) is 5.41 Å². The lowest BCUT2D eigenvalue weighted by Crippen LogP contribution is -2.50. The molecule has 16 heavy (non-hydrogen) atoms. The second kappa shape index (κ2) is 6.58. The lowest BCUT2D eigenvalue weighted by molar-refractivity contribution is 0.0542. The summed E-state index contributed by atoms with van der Waals surface area (Å²) in [5.41, 5.74) is 0.0902. The Balaban J connectivity index is 2.31. The van der Waals surface area contributed by atoms with Crippen LogP contribution in [0.2, 0.25) is 0 Å². The Morgan fingerprint density at radius 1 is 1.06 bits per heavy atom. The molecule has 0 radical (unpaired) electrons. The standard InChI is InChI=1S/C13H28N2O/c1-4-6-14-7-9-15(10-8-14)11-13(3,5-2)12-16/h16H,4-12H2,1-3H3. The molecule has 0 bridgehead atoms. The van der Waals surface area contributed by atoms with E-state index in [1.165, 1.54) is 26.1 Å². The lowest BCUT2D eigenvalue weighted by atomic mass is 9.88. The van der Waals surface area contributed by atoms with Crippen molar-refractivity contribution in [2.75, 3.05) is 45.9 Å². The van der Waals surface area contributed by atoms with Crippen molar-refractivity contribution in [1.82, 2.24) is 9.80 Å². The van der Waals surface area contributed by atoms with E-state index in [0.29, 0.717) is 6.61 Å². The summed E-state index contributed by atoms with van der Waals surface area (Å²) in [7, 11) is 0. The Bertz CT molecular complexity index is 184. The average molecular weight is 228 g/mol. The quantitative estimate of drug-likeness (QED) is 0.745. The molecule has 1 N–H and O–H groups in total. The highest BCUT2D eigenvalue weighted by Crippen LogP contribution is 2.22. The van der Waals surface area contributed by atoms with Crippen LogP contribution in [0.4, 0.5) is 0 Å². The van der Waals surface area contributed by atoms with Crippen LogP contribution in [0.5, 0.6) is 0 Å². The molecule has 0 spiro atoms. The molecule has 0 amide bonds. The number of rotatable bonds is 6. The zero-order valence-corrected chi connectivity index (χ0v) is 11.2. The second-order valence-corrected chi connectivity index (χ2v) is 5.44. The van der Waals surface area contributed by atoms with E-state index in [9.17, 15) is 5.11 Å². The number of aliphatic hydroxyl groups is 1. The van der Waals surface area contributed by atoms with Gasteiger partial charge in [0.1, 0.15) is 0 Å².